The lowest BCUT2D eigenvalue weighted by Gasteiger charge is -2.21. The van der Waals surface area contributed by atoms with Crippen LogP contribution < -0.4 is 5.32 Å². The van der Waals surface area contributed by atoms with Gasteiger partial charge in [-0.05, 0) is 36.3 Å². The molecule has 0 amide bonds. The Labute approximate surface area is 132 Å². The smallest absolute Gasteiger partial charge is 0.0931 e. The zero-order chi connectivity index (χ0) is 13.7. The highest BCUT2D eigenvalue weighted by Crippen LogP contribution is 2.33. The lowest BCUT2D eigenvalue weighted by molar-refractivity contribution is 0.545. The average Bonchev–Trinajstić information content (AvgIpc) is 3.04. The second-order valence-electron chi connectivity index (χ2n) is 4.32. The van der Waals surface area contributed by atoms with Crippen LogP contribution in [0.25, 0.3) is 0 Å². The van der Waals surface area contributed by atoms with E-state index in [1.165, 1.54) is 15.5 Å². The second kappa shape index (κ2) is 7.70. The topological polar surface area (TPSA) is 12.0 Å². The molecule has 2 atom stereocenters. The summed E-state index contributed by atoms with van der Waals surface area (Å²) in [5.74, 6) is 2.30. The lowest BCUT2D eigenvalue weighted by atomic mass is 10.2. The molecule has 2 rings (SSSR count). The van der Waals surface area contributed by atoms with Crippen LogP contribution in [0.15, 0.2) is 29.6 Å². The minimum absolute atomic E-state index is 0.268. The standard InChI is InChI=1S/C14H18ClNS3/c1-3-17-9-10(2)16-14(11-5-4-8-18-11)12-6-7-13(15)19-12/h4-8,10,14,16H,3,9H2,1-2H3. The minimum atomic E-state index is 0.268. The van der Waals surface area contributed by atoms with E-state index in [2.05, 4.69) is 42.7 Å². The predicted octanol–water partition coefficient (Wildman–Crippen LogP) is 5.28. The zero-order valence-electron chi connectivity index (χ0n) is 11.1. The number of thioether (sulfide) groups is 1. The maximum atomic E-state index is 6.08. The number of thiophene rings is 2. The maximum Gasteiger partial charge on any atom is 0.0931 e. The van der Waals surface area contributed by atoms with Crippen LogP contribution in [0.5, 0.6) is 0 Å². The molecule has 19 heavy (non-hydrogen) atoms. The molecule has 1 N–H and O–H groups in total. The van der Waals surface area contributed by atoms with Gasteiger partial charge in [0.15, 0.2) is 0 Å². The van der Waals surface area contributed by atoms with Gasteiger partial charge in [-0.3, -0.25) is 0 Å². The van der Waals surface area contributed by atoms with Gasteiger partial charge in [0.2, 0.25) is 0 Å². The van der Waals surface area contributed by atoms with Crippen LogP contribution in [0.2, 0.25) is 4.34 Å². The van der Waals surface area contributed by atoms with Gasteiger partial charge >= 0.3 is 0 Å². The van der Waals surface area contributed by atoms with Crippen LogP contribution in [0, 0.1) is 0 Å². The Morgan fingerprint density at radius 1 is 1.32 bits per heavy atom. The summed E-state index contributed by atoms with van der Waals surface area (Å²) in [5, 5.41) is 5.85. The molecule has 0 aliphatic carbocycles. The number of rotatable bonds is 7. The molecule has 104 valence electrons. The third-order valence-corrected chi connectivity index (χ3v) is 6.11. The van der Waals surface area contributed by atoms with Crippen LogP contribution in [-0.4, -0.2) is 17.5 Å². The van der Waals surface area contributed by atoms with Gasteiger partial charge in [0.05, 0.1) is 10.4 Å². The molecule has 0 aromatic carbocycles. The van der Waals surface area contributed by atoms with Crippen LogP contribution in [0.4, 0.5) is 0 Å². The normalized spacial score (nSPS) is 14.5. The molecule has 5 heteroatoms. The van der Waals surface area contributed by atoms with E-state index in [-0.39, 0.29) is 6.04 Å². The van der Waals surface area contributed by atoms with Crippen molar-refractivity contribution in [1.29, 1.82) is 0 Å². The summed E-state index contributed by atoms with van der Waals surface area (Å²) < 4.78 is 0.856. The van der Waals surface area contributed by atoms with Crippen LogP contribution >= 0.6 is 46.0 Å². The Balaban J connectivity index is 2.11. The summed E-state index contributed by atoms with van der Waals surface area (Å²) in [6.45, 7) is 4.45. The summed E-state index contributed by atoms with van der Waals surface area (Å²) >= 11 is 11.5. The summed E-state index contributed by atoms with van der Waals surface area (Å²) in [6.07, 6.45) is 0. The van der Waals surface area contributed by atoms with Gasteiger partial charge in [0, 0.05) is 21.5 Å². The lowest BCUT2D eigenvalue weighted by Crippen LogP contribution is -2.32. The van der Waals surface area contributed by atoms with Crippen molar-refractivity contribution in [2.45, 2.75) is 25.9 Å². The molecular weight excluding hydrogens is 314 g/mol. The fraction of sp³-hybridized carbons (Fsp3) is 0.429. The van der Waals surface area contributed by atoms with Crippen LogP contribution in [-0.2, 0) is 0 Å². The van der Waals surface area contributed by atoms with Gasteiger partial charge in [-0.1, -0.05) is 24.6 Å². The zero-order valence-corrected chi connectivity index (χ0v) is 14.3. The van der Waals surface area contributed by atoms with E-state index in [1.54, 1.807) is 22.7 Å². The molecule has 2 unspecified atom stereocenters. The highest BCUT2D eigenvalue weighted by atomic mass is 35.5. The van der Waals surface area contributed by atoms with Crippen molar-refractivity contribution in [2.75, 3.05) is 11.5 Å². The number of nitrogens with one attached hydrogen (secondary N) is 1. The average molecular weight is 332 g/mol. The largest absolute Gasteiger partial charge is 0.302 e. The maximum absolute atomic E-state index is 6.08. The van der Waals surface area contributed by atoms with Crippen molar-refractivity contribution in [2.24, 2.45) is 0 Å². The van der Waals surface area contributed by atoms with E-state index in [9.17, 15) is 0 Å². The number of halogens is 1. The highest BCUT2D eigenvalue weighted by molar-refractivity contribution is 7.99. The SMILES string of the molecule is CCSCC(C)NC(c1cccs1)c1ccc(Cl)s1. The van der Waals surface area contributed by atoms with Crippen molar-refractivity contribution in [3.63, 3.8) is 0 Å². The summed E-state index contributed by atoms with van der Waals surface area (Å²) in [7, 11) is 0. The van der Waals surface area contributed by atoms with Crippen LogP contribution in [0.3, 0.4) is 0 Å². The molecule has 0 spiro atoms. The molecular formula is C14H18ClNS3. The van der Waals surface area contributed by atoms with Crippen molar-refractivity contribution in [3.05, 3.63) is 43.7 Å². The van der Waals surface area contributed by atoms with E-state index in [1.807, 2.05) is 17.8 Å². The summed E-state index contributed by atoms with van der Waals surface area (Å²) in [5.41, 5.74) is 0. The van der Waals surface area contributed by atoms with Crippen molar-refractivity contribution >= 4 is 46.0 Å². The fourth-order valence-corrected chi connectivity index (χ4v) is 4.57. The van der Waals surface area contributed by atoms with E-state index in [0.29, 0.717) is 6.04 Å². The van der Waals surface area contributed by atoms with Gasteiger partial charge in [-0.2, -0.15) is 11.8 Å². The molecule has 0 saturated carbocycles. The van der Waals surface area contributed by atoms with Crippen molar-refractivity contribution < 1.29 is 0 Å². The summed E-state index contributed by atoms with van der Waals surface area (Å²) in [6, 6.07) is 9.16. The first-order valence-corrected chi connectivity index (χ1v) is 9.56. The summed E-state index contributed by atoms with van der Waals surface area (Å²) in [4.78, 5) is 2.65. The van der Waals surface area contributed by atoms with E-state index < -0.39 is 0 Å². The molecule has 2 aromatic heterocycles. The molecule has 0 aliphatic rings. The Morgan fingerprint density at radius 3 is 2.74 bits per heavy atom. The van der Waals surface area contributed by atoms with E-state index >= 15 is 0 Å². The third-order valence-electron chi connectivity index (χ3n) is 2.73. The first-order chi connectivity index (χ1) is 9.20. The highest BCUT2D eigenvalue weighted by Gasteiger charge is 2.19. The Kier molecular flexibility index (Phi) is 6.23. The Morgan fingerprint density at radius 2 is 2.16 bits per heavy atom. The van der Waals surface area contributed by atoms with Crippen molar-refractivity contribution in [1.82, 2.24) is 5.32 Å². The van der Waals surface area contributed by atoms with Gasteiger partial charge in [0.25, 0.3) is 0 Å². The molecule has 1 nitrogen and oxygen atoms in total. The van der Waals surface area contributed by atoms with E-state index in [4.69, 9.17) is 11.6 Å². The molecule has 0 radical (unpaired) electrons. The molecule has 0 fully saturated rings. The number of hydrogen-bond donors (Lipinski definition) is 1. The fourth-order valence-electron chi connectivity index (χ4n) is 1.87. The third kappa shape index (κ3) is 4.50. The molecule has 0 aliphatic heterocycles. The van der Waals surface area contributed by atoms with Crippen molar-refractivity contribution in [3.8, 4) is 0 Å². The first-order valence-electron chi connectivity index (χ1n) is 6.33. The molecule has 0 saturated heterocycles. The van der Waals surface area contributed by atoms with E-state index in [0.717, 1.165) is 10.1 Å². The quantitative estimate of drug-likeness (QED) is 0.740. The van der Waals surface area contributed by atoms with Gasteiger partial charge in [-0.15, -0.1) is 22.7 Å². The minimum Gasteiger partial charge on any atom is -0.302 e. The monoisotopic (exact) mass is 331 g/mol. The Bertz CT molecular complexity index is 481. The number of hydrogen-bond acceptors (Lipinski definition) is 4. The molecule has 2 aromatic rings. The van der Waals surface area contributed by atoms with Gasteiger partial charge in [0.1, 0.15) is 0 Å². The van der Waals surface area contributed by atoms with Gasteiger partial charge < -0.3 is 5.32 Å². The second-order valence-corrected chi connectivity index (χ2v) is 8.36. The molecule has 0 bridgehead atoms. The molecule has 2 heterocycles. The Hall–Kier alpha value is -0.0000000000000000278. The first kappa shape index (κ1) is 15.4. The van der Waals surface area contributed by atoms with Gasteiger partial charge in [-0.25, -0.2) is 0 Å². The van der Waals surface area contributed by atoms with Crippen LogP contribution in [0.1, 0.15) is 29.6 Å². The predicted molar refractivity (Wildman–Crippen MR) is 91.1 cm³/mol.